The summed E-state index contributed by atoms with van der Waals surface area (Å²) in [5.74, 6) is -1.11. The topological polar surface area (TPSA) is 70.2 Å². The Morgan fingerprint density at radius 1 is 1.04 bits per heavy atom. The maximum absolute atomic E-state index is 13.0. The number of amides is 2. The minimum absolute atomic E-state index is 0.299. The van der Waals surface area contributed by atoms with Gasteiger partial charge in [0.05, 0.1) is 29.0 Å². The first-order valence-electron chi connectivity index (χ1n) is 7.47. The molecule has 2 aromatic carbocycles. The molecule has 0 radical (unpaired) electrons. The van der Waals surface area contributed by atoms with E-state index in [0.717, 1.165) is 6.07 Å². The number of alkyl halides is 3. The molecule has 2 aromatic rings. The number of hydrogen-bond donors (Lipinski definition) is 3. The molecule has 1 aliphatic heterocycles. The highest BCUT2D eigenvalue weighted by molar-refractivity contribution is 6.06. The molecule has 0 bridgehead atoms. The van der Waals surface area contributed by atoms with E-state index in [4.69, 9.17) is 0 Å². The second-order valence-corrected chi connectivity index (χ2v) is 5.53. The molecule has 3 N–H and O–H groups in total. The number of nitrogens with one attached hydrogen (secondary N) is 3. The number of fused-ring (bicyclic) bond motifs is 1. The fourth-order valence-corrected chi connectivity index (χ4v) is 2.56. The summed E-state index contributed by atoms with van der Waals surface area (Å²) in [6, 6.07) is 10.8. The Kier molecular flexibility index (Phi) is 4.35. The van der Waals surface area contributed by atoms with Crippen LogP contribution in [0.4, 0.5) is 30.2 Å². The van der Waals surface area contributed by atoms with Crippen LogP contribution < -0.4 is 16.0 Å². The van der Waals surface area contributed by atoms with Gasteiger partial charge in [-0.15, -0.1) is 0 Å². The number of benzene rings is 2. The van der Waals surface area contributed by atoms with Crippen LogP contribution in [0.15, 0.2) is 48.5 Å². The third-order valence-corrected chi connectivity index (χ3v) is 3.73. The first-order chi connectivity index (χ1) is 11.8. The molecule has 0 saturated carbocycles. The lowest BCUT2D eigenvalue weighted by atomic mass is 10.1. The quantitative estimate of drug-likeness (QED) is 0.795. The largest absolute Gasteiger partial charge is 0.418 e. The SMILES string of the molecule is O=C(C[C@H]1Nc2ccccc2NC1=O)Nc1ccccc1C(F)(F)F. The standard InChI is InChI=1S/C17H14F3N3O2/c18-17(19,20)10-5-1-2-6-11(10)22-15(24)9-14-16(25)23-13-8-4-3-7-12(13)21-14/h1-8,14,21H,9H2,(H,22,24)(H,23,25)/t14-/m1/s1. The molecule has 0 fully saturated rings. The van der Waals surface area contributed by atoms with E-state index in [2.05, 4.69) is 16.0 Å². The summed E-state index contributed by atoms with van der Waals surface area (Å²) >= 11 is 0. The monoisotopic (exact) mass is 349 g/mol. The van der Waals surface area contributed by atoms with Crippen LogP contribution in [0.3, 0.4) is 0 Å². The summed E-state index contributed by atoms with van der Waals surface area (Å²) in [6.45, 7) is 0. The molecule has 8 heteroatoms. The zero-order chi connectivity index (χ0) is 18.0. The number of para-hydroxylation sites is 3. The van der Waals surface area contributed by atoms with Gasteiger partial charge in [-0.3, -0.25) is 9.59 Å². The predicted molar refractivity (Wildman–Crippen MR) is 87.2 cm³/mol. The second kappa shape index (κ2) is 6.46. The average Bonchev–Trinajstić information content (AvgIpc) is 2.55. The fraction of sp³-hybridized carbons (Fsp3) is 0.176. The third kappa shape index (κ3) is 3.73. The van der Waals surface area contributed by atoms with Gasteiger partial charge in [0.2, 0.25) is 11.8 Å². The zero-order valence-electron chi connectivity index (χ0n) is 12.9. The Balaban J connectivity index is 1.71. The van der Waals surface area contributed by atoms with Gasteiger partial charge < -0.3 is 16.0 Å². The van der Waals surface area contributed by atoms with E-state index in [1.807, 2.05) is 0 Å². The van der Waals surface area contributed by atoms with Crippen molar-refractivity contribution >= 4 is 28.9 Å². The summed E-state index contributed by atoms with van der Waals surface area (Å²) in [7, 11) is 0. The number of rotatable bonds is 3. The van der Waals surface area contributed by atoms with Gasteiger partial charge in [0.25, 0.3) is 0 Å². The van der Waals surface area contributed by atoms with E-state index >= 15 is 0 Å². The van der Waals surface area contributed by atoms with Gasteiger partial charge in [-0.25, -0.2) is 0 Å². The average molecular weight is 349 g/mol. The van der Waals surface area contributed by atoms with Gasteiger partial charge in [-0.1, -0.05) is 24.3 Å². The lowest BCUT2D eigenvalue weighted by molar-refractivity contribution is -0.137. The van der Waals surface area contributed by atoms with Crippen LogP contribution in [-0.4, -0.2) is 17.9 Å². The molecule has 0 saturated heterocycles. The summed E-state index contributed by atoms with van der Waals surface area (Å²) < 4.78 is 38.9. The van der Waals surface area contributed by atoms with Gasteiger partial charge in [-0.05, 0) is 24.3 Å². The molecule has 130 valence electrons. The molecule has 1 heterocycles. The molecule has 0 unspecified atom stereocenters. The maximum atomic E-state index is 13.0. The summed E-state index contributed by atoms with van der Waals surface area (Å²) in [5, 5.41) is 7.80. The van der Waals surface area contributed by atoms with Crippen molar-refractivity contribution < 1.29 is 22.8 Å². The van der Waals surface area contributed by atoms with Crippen molar-refractivity contribution in [3.63, 3.8) is 0 Å². The van der Waals surface area contributed by atoms with Gasteiger partial charge >= 0.3 is 6.18 Å². The molecule has 0 spiro atoms. The number of hydrogen-bond acceptors (Lipinski definition) is 3. The molecule has 5 nitrogen and oxygen atoms in total. The van der Waals surface area contributed by atoms with E-state index in [0.29, 0.717) is 11.4 Å². The van der Waals surface area contributed by atoms with Crippen LogP contribution >= 0.6 is 0 Å². The Morgan fingerprint density at radius 2 is 1.68 bits per heavy atom. The van der Waals surface area contributed by atoms with Crippen LogP contribution in [0.5, 0.6) is 0 Å². The molecule has 0 aromatic heterocycles. The van der Waals surface area contributed by atoms with Crippen LogP contribution in [-0.2, 0) is 15.8 Å². The van der Waals surface area contributed by atoms with Crippen LogP contribution in [0, 0.1) is 0 Å². The second-order valence-electron chi connectivity index (χ2n) is 5.53. The number of anilines is 3. The van der Waals surface area contributed by atoms with E-state index in [1.165, 1.54) is 18.2 Å². The normalized spacial score (nSPS) is 16.4. The fourth-order valence-electron chi connectivity index (χ4n) is 2.56. The van der Waals surface area contributed by atoms with E-state index in [9.17, 15) is 22.8 Å². The molecular formula is C17H14F3N3O2. The van der Waals surface area contributed by atoms with Crippen molar-refractivity contribution in [1.82, 2.24) is 0 Å². The highest BCUT2D eigenvalue weighted by atomic mass is 19.4. The molecule has 1 aliphatic rings. The third-order valence-electron chi connectivity index (χ3n) is 3.73. The highest BCUT2D eigenvalue weighted by Gasteiger charge is 2.34. The highest BCUT2D eigenvalue weighted by Crippen LogP contribution is 2.34. The van der Waals surface area contributed by atoms with Crippen molar-refractivity contribution in [2.24, 2.45) is 0 Å². The van der Waals surface area contributed by atoms with Crippen molar-refractivity contribution in [1.29, 1.82) is 0 Å². The van der Waals surface area contributed by atoms with E-state index in [1.54, 1.807) is 24.3 Å². The lowest BCUT2D eigenvalue weighted by Gasteiger charge is -2.26. The molecule has 2 amide bonds. The molecular weight excluding hydrogens is 335 g/mol. The van der Waals surface area contributed by atoms with Gasteiger partial charge in [0.15, 0.2) is 0 Å². The minimum atomic E-state index is -4.58. The summed E-state index contributed by atoms with van der Waals surface area (Å²) in [4.78, 5) is 24.2. The van der Waals surface area contributed by atoms with Crippen LogP contribution in [0.1, 0.15) is 12.0 Å². The van der Waals surface area contributed by atoms with Crippen molar-refractivity contribution in [2.45, 2.75) is 18.6 Å². The van der Waals surface area contributed by atoms with Crippen LogP contribution in [0.25, 0.3) is 0 Å². The maximum Gasteiger partial charge on any atom is 0.418 e. The number of carbonyl (C=O) groups is 2. The van der Waals surface area contributed by atoms with Gasteiger partial charge in [0.1, 0.15) is 6.04 Å². The minimum Gasteiger partial charge on any atom is -0.372 e. The molecule has 0 aliphatic carbocycles. The molecule has 25 heavy (non-hydrogen) atoms. The van der Waals surface area contributed by atoms with E-state index in [-0.39, 0.29) is 12.1 Å². The Hall–Kier alpha value is -3.03. The van der Waals surface area contributed by atoms with Gasteiger partial charge in [0, 0.05) is 0 Å². The zero-order valence-corrected chi connectivity index (χ0v) is 12.9. The number of halogens is 3. The molecule has 1 atom stereocenters. The first-order valence-corrected chi connectivity index (χ1v) is 7.47. The van der Waals surface area contributed by atoms with Crippen molar-refractivity contribution in [3.05, 3.63) is 54.1 Å². The Labute approximate surface area is 141 Å². The lowest BCUT2D eigenvalue weighted by Crippen LogP contribution is -2.41. The van der Waals surface area contributed by atoms with E-state index < -0.39 is 29.6 Å². The number of carbonyl (C=O) groups excluding carboxylic acids is 2. The molecule has 3 rings (SSSR count). The van der Waals surface area contributed by atoms with Gasteiger partial charge in [-0.2, -0.15) is 13.2 Å². The van der Waals surface area contributed by atoms with Crippen LogP contribution in [0.2, 0.25) is 0 Å². The summed E-state index contributed by atoms with van der Waals surface area (Å²) in [5.41, 5.74) is -0.0338. The van der Waals surface area contributed by atoms with Crippen molar-refractivity contribution in [3.8, 4) is 0 Å². The first kappa shape index (κ1) is 16.8. The Morgan fingerprint density at radius 3 is 2.40 bits per heavy atom. The predicted octanol–water partition coefficient (Wildman–Crippen LogP) is 3.47. The van der Waals surface area contributed by atoms with Crippen molar-refractivity contribution in [2.75, 3.05) is 16.0 Å². The summed E-state index contributed by atoms with van der Waals surface area (Å²) in [6.07, 6.45) is -4.88. The smallest absolute Gasteiger partial charge is 0.372 e. The Bertz CT molecular complexity index is 821.